The first kappa shape index (κ1) is 12.5. The van der Waals surface area contributed by atoms with Gasteiger partial charge in [-0.3, -0.25) is 0 Å². The maximum absolute atomic E-state index is 6.11. The highest BCUT2D eigenvalue weighted by molar-refractivity contribution is 6.02. The van der Waals surface area contributed by atoms with Crippen molar-refractivity contribution in [2.24, 2.45) is 0 Å². The van der Waals surface area contributed by atoms with Crippen LogP contribution in [-0.2, 0) is 6.54 Å². The summed E-state index contributed by atoms with van der Waals surface area (Å²) < 4.78 is 0. The second-order valence-electron chi connectivity index (χ2n) is 5.09. The lowest BCUT2D eigenvalue weighted by atomic mass is 10.1. The van der Waals surface area contributed by atoms with Crippen molar-refractivity contribution in [1.29, 1.82) is 0 Å². The van der Waals surface area contributed by atoms with Gasteiger partial charge < -0.3 is 11.1 Å². The Balaban J connectivity index is 1.89. The molecule has 0 aliphatic rings. The molecule has 0 radical (unpaired) electrons. The van der Waals surface area contributed by atoms with Crippen molar-refractivity contribution < 1.29 is 0 Å². The molecule has 2 heteroatoms. The molecular formula is C18H18N2. The summed E-state index contributed by atoms with van der Waals surface area (Å²) in [6.45, 7) is 2.90. The van der Waals surface area contributed by atoms with Crippen LogP contribution in [0.5, 0.6) is 0 Å². The Kier molecular flexibility index (Phi) is 3.30. The van der Waals surface area contributed by atoms with Gasteiger partial charge in [-0.1, -0.05) is 54.1 Å². The SMILES string of the molecule is Cc1ccc(CNc2cccc3cccc(N)c23)cc1. The van der Waals surface area contributed by atoms with E-state index in [-0.39, 0.29) is 0 Å². The Labute approximate surface area is 119 Å². The highest BCUT2D eigenvalue weighted by Gasteiger charge is 2.03. The average molecular weight is 262 g/mol. The molecule has 0 atom stereocenters. The van der Waals surface area contributed by atoms with E-state index < -0.39 is 0 Å². The molecule has 3 rings (SSSR count). The van der Waals surface area contributed by atoms with E-state index in [4.69, 9.17) is 5.73 Å². The molecule has 2 nitrogen and oxygen atoms in total. The fraction of sp³-hybridized carbons (Fsp3) is 0.111. The van der Waals surface area contributed by atoms with E-state index in [9.17, 15) is 0 Å². The van der Waals surface area contributed by atoms with Crippen molar-refractivity contribution >= 4 is 22.1 Å². The Morgan fingerprint density at radius 2 is 1.60 bits per heavy atom. The van der Waals surface area contributed by atoms with Crippen LogP contribution in [0.2, 0.25) is 0 Å². The maximum Gasteiger partial charge on any atom is 0.0443 e. The lowest BCUT2D eigenvalue weighted by Crippen LogP contribution is -2.01. The van der Waals surface area contributed by atoms with Crippen LogP contribution < -0.4 is 11.1 Å². The van der Waals surface area contributed by atoms with Crippen molar-refractivity contribution in [2.45, 2.75) is 13.5 Å². The van der Waals surface area contributed by atoms with Gasteiger partial charge in [0.2, 0.25) is 0 Å². The van der Waals surface area contributed by atoms with Crippen LogP contribution in [0.25, 0.3) is 10.8 Å². The molecule has 3 aromatic carbocycles. The van der Waals surface area contributed by atoms with Crippen molar-refractivity contribution in [3.63, 3.8) is 0 Å². The Bertz CT molecular complexity index is 725. The molecule has 0 aliphatic heterocycles. The van der Waals surface area contributed by atoms with Crippen LogP contribution >= 0.6 is 0 Å². The highest BCUT2D eigenvalue weighted by Crippen LogP contribution is 2.29. The van der Waals surface area contributed by atoms with Gasteiger partial charge >= 0.3 is 0 Å². The number of nitrogens with two attached hydrogens (primary N) is 1. The summed E-state index contributed by atoms with van der Waals surface area (Å²) in [4.78, 5) is 0. The monoisotopic (exact) mass is 262 g/mol. The highest BCUT2D eigenvalue weighted by atomic mass is 14.9. The fourth-order valence-corrected chi connectivity index (χ4v) is 2.42. The van der Waals surface area contributed by atoms with Gasteiger partial charge in [-0.2, -0.15) is 0 Å². The van der Waals surface area contributed by atoms with Crippen LogP contribution in [0.3, 0.4) is 0 Å². The molecule has 0 aliphatic carbocycles. The van der Waals surface area contributed by atoms with Gasteiger partial charge in [0.25, 0.3) is 0 Å². The molecule has 100 valence electrons. The van der Waals surface area contributed by atoms with Gasteiger partial charge in [-0.25, -0.2) is 0 Å². The number of hydrogen-bond acceptors (Lipinski definition) is 2. The molecule has 0 aromatic heterocycles. The zero-order valence-corrected chi connectivity index (χ0v) is 11.6. The molecule has 0 bridgehead atoms. The number of nitrogens with one attached hydrogen (secondary N) is 1. The minimum Gasteiger partial charge on any atom is -0.398 e. The first-order valence-electron chi connectivity index (χ1n) is 6.81. The van der Waals surface area contributed by atoms with Crippen LogP contribution in [0, 0.1) is 6.92 Å². The van der Waals surface area contributed by atoms with Gasteiger partial charge in [-0.05, 0) is 30.0 Å². The predicted octanol–water partition coefficient (Wildman–Crippen LogP) is 4.34. The molecule has 0 spiro atoms. The van der Waals surface area contributed by atoms with Crippen molar-refractivity contribution in [3.05, 3.63) is 71.8 Å². The normalized spacial score (nSPS) is 10.7. The zero-order valence-electron chi connectivity index (χ0n) is 11.6. The van der Waals surface area contributed by atoms with Crippen LogP contribution in [0.4, 0.5) is 11.4 Å². The van der Waals surface area contributed by atoms with E-state index >= 15 is 0 Å². The van der Waals surface area contributed by atoms with E-state index in [0.717, 1.165) is 23.3 Å². The van der Waals surface area contributed by atoms with E-state index in [0.29, 0.717) is 0 Å². The lowest BCUT2D eigenvalue weighted by Gasteiger charge is -2.12. The van der Waals surface area contributed by atoms with Crippen LogP contribution in [0.15, 0.2) is 60.7 Å². The quantitative estimate of drug-likeness (QED) is 0.689. The van der Waals surface area contributed by atoms with E-state index in [1.54, 1.807) is 0 Å². The average Bonchev–Trinajstić information content (AvgIpc) is 2.47. The Morgan fingerprint density at radius 3 is 2.35 bits per heavy atom. The number of nitrogen functional groups attached to an aromatic ring is 1. The summed E-state index contributed by atoms with van der Waals surface area (Å²) in [6.07, 6.45) is 0. The Morgan fingerprint density at radius 1 is 0.900 bits per heavy atom. The summed E-state index contributed by atoms with van der Waals surface area (Å²) in [7, 11) is 0. The zero-order chi connectivity index (χ0) is 13.9. The third-order valence-electron chi connectivity index (χ3n) is 3.54. The van der Waals surface area contributed by atoms with Crippen LogP contribution in [0.1, 0.15) is 11.1 Å². The van der Waals surface area contributed by atoms with Gasteiger partial charge in [0, 0.05) is 23.3 Å². The standard InChI is InChI=1S/C18H18N2/c1-13-8-10-14(11-9-13)12-20-17-7-3-5-15-4-2-6-16(19)18(15)17/h2-11,20H,12,19H2,1H3. The van der Waals surface area contributed by atoms with E-state index in [1.165, 1.54) is 16.5 Å². The number of benzene rings is 3. The molecule has 0 saturated heterocycles. The summed E-state index contributed by atoms with van der Waals surface area (Å²) >= 11 is 0. The molecule has 0 heterocycles. The van der Waals surface area contributed by atoms with Crippen molar-refractivity contribution in [1.82, 2.24) is 0 Å². The smallest absolute Gasteiger partial charge is 0.0443 e. The summed E-state index contributed by atoms with van der Waals surface area (Å²) in [6, 6.07) is 20.8. The first-order valence-corrected chi connectivity index (χ1v) is 6.81. The second-order valence-corrected chi connectivity index (χ2v) is 5.09. The lowest BCUT2D eigenvalue weighted by molar-refractivity contribution is 1.15. The second kappa shape index (κ2) is 5.25. The predicted molar refractivity (Wildman–Crippen MR) is 86.9 cm³/mol. The molecular weight excluding hydrogens is 244 g/mol. The minimum absolute atomic E-state index is 0.799. The molecule has 3 aromatic rings. The number of anilines is 2. The number of rotatable bonds is 3. The summed E-state index contributed by atoms with van der Waals surface area (Å²) in [5.41, 5.74) is 10.6. The third kappa shape index (κ3) is 2.45. The number of hydrogen-bond donors (Lipinski definition) is 2. The van der Waals surface area contributed by atoms with Crippen molar-refractivity contribution in [3.8, 4) is 0 Å². The molecule has 0 unspecified atom stereocenters. The van der Waals surface area contributed by atoms with Gasteiger partial charge in [0.1, 0.15) is 0 Å². The van der Waals surface area contributed by atoms with Gasteiger partial charge in [0.05, 0.1) is 0 Å². The Hall–Kier alpha value is -2.48. The molecule has 0 saturated carbocycles. The molecule has 20 heavy (non-hydrogen) atoms. The van der Waals surface area contributed by atoms with E-state index in [1.807, 2.05) is 12.1 Å². The topological polar surface area (TPSA) is 38.0 Å². The molecule has 3 N–H and O–H groups in total. The van der Waals surface area contributed by atoms with E-state index in [2.05, 4.69) is 60.8 Å². The number of aryl methyl sites for hydroxylation is 1. The van der Waals surface area contributed by atoms with Crippen LogP contribution in [-0.4, -0.2) is 0 Å². The maximum atomic E-state index is 6.11. The fourth-order valence-electron chi connectivity index (χ4n) is 2.42. The third-order valence-corrected chi connectivity index (χ3v) is 3.54. The van der Waals surface area contributed by atoms with Gasteiger partial charge in [0.15, 0.2) is 0 Å². The summed E-state index contributed by atoms with van der Waals surface area (Å²) in [5.74, 6) is 0. The van der Waals surface area contributed by atoms with Crippen molar-refractivity contribution in [2.75, 3.05) is 11.1 Å². The minimum atomic E-state index is 0.799. The largest absolute Gasteiger partial charge is 0.398 e. The summed E-state index contributed by atoms with van der Waals surface area (Å²) in [5, 5.41) is 5.75. The first-order chi connectivity index (χ1) is 9.74. The van der Waals surface area contributed by atoms with Gasteiger partial charge in [-0.15, -0.1) is 0 Å². The molecule has 0 amide bonds. The number of fused-ring (bicyclic) bond motifs is 1. The molecule has 0 fully saturated rings.